The van der Waals surface area contributed by atoms with Crippen LogP contribution in [-0.4, -0.2) is 23.2 Å². The van der Waals surface area contributed by atoms with Crippen LogP contribution in [-0.2, 0) is 11.2 Å². The highest BCUT2D eigenvalue weighted by Gasteiger charge is 2.46. The van der Waals surface area contributed by atoms with Crippen molar-refractivity contribution in [3.05, 3.63) is 82.4 Å². The van der Waals surface area contributed by atoms with Crippen LogP contribution in [0, 0.1) is 11.3 Å². The molecule has 0 bridgehead atoms. The fraction of sp³-hybridized carbons (Fsp3) is 0.423. The first-order chi connectivity index (χ1) is 14.7. The van der Waals surface area contributed by atoms with Gasteiger partial charge < -0.3 is 10.4 Å². The number of halogens is 2. The van der Waals surface area contributed by atoms with Gasteiger partial charge in [-0.05, 0) is 68.0 Å². The van der Waals surface area contributed by atoms with Gasteiger partial charge in [-0.15, -0.1) is 6.58 Å². The second-order valence-electron chi connectivity index (χ2n) is 8.99. The van der Waals surface area contributed by atoms with E-state index in [0.29, 0.717) is 22.9 Å². The molecule has 3 nitrogen and oxygen atoms in total. The number of carbonyl (C=O) groups is 1. The molecule has 4 unspecified atom stereocenters. The maximum absolute atomic E-state index is 13.1. The van der Waals surface area contributed by atoms with E-state index >= 15 is 0 Å². The Hall–Kier alpha value is -1.81. The quantitative estimate of drug-likeness (QED) is 0.463. The monoisotopic (exact) mass is 459 g/mol. The molecule has 1 saturated heterocycles. The number of amides is 1. The van der Waals surface area contributed by atoms with E-state index in [2.05, 4.69) is 18.0 Å². The summed E-state index contributed by atoms with van der Waals surface area (Å²) < 4.78 is 0. The Bertz CT molecular complexity index is 912. The number of rotatable bonds is 8. The van der Waals surface area contributed by atoms with Gasteiger partial charge in [-0.1, -0.05) is 60.5 Å². The number of hydrogen-bond acceptors (Lipinski definition) is 2. The summed E-state index contributed by atoms with van der Waals surface area (Å²) >= 11 is 12.3. The summed E-state index contributed by atoms with van der Waals surface area (Å²) in [6, 6.07) is 15.4. The van der Waals surface area contributed by atoms with E-state index in [1.54, 1.807) is 0 Å². The van der Waals surface area contributed by atoms with Gasteiger partial charge in [0.15, 0.2) is 0 Å². The molecule has 0 aromatic heterocycles. The Balaban J connectivity index is 1.91. The van der Waals surface area contributed by atoms with Crippen LogP contribution >= 0.6 is 23.2 Å². The third-order valence-corrected chi connectivity index (χ3v) is 7.07. The summed E-state index contributed by atoms with van der Waals surface area (Å²) in [6.07, 6.45) is 4.07. The molecule has 3 rings (SSSR count). The minimum atomic E-state index is -0.567. The van der Waals surface area contributed by atoms with Gasteiger partial charge in [-0.3, -0.25) is 4.79 Å². The van der Waals surface area contributed by atoms with Crippen molar-refractivity contribution in [1.82, 2.24) is 5.32 Å². The van der Waals surface area contributed by atoms with Crippen LogP contribution in [0.15, 0.2) is 61.2 Å². The molecule has 5 heteroatoms. The lowest BCUT2D eigenvalue weighted by Crippen LogP contribution is -2.57. The second kappa shape index (κ2) is 10.2. The standard InChI is InChI=1S/C26H31Cl2NO2/c1-4-14-26(3)16-23(19-6-5-7-21(28)15-19)24(29-25(26)31)22(17(2)30)13-10-18-8-11-20(27)12-9-18/h4-9,11-12,15,17,22-24,30H,1,10,13-14,16H2,2-3H3,(H,29,31)/t17?,22-,23?,24?,26?/m1/s1. The minimum absolute atomic E-state index is 0.0211. The van der Waals surface area contributed by atoms with Crippen molar-refractivity contribution in [2.24, 2.45) is 11.3 Å². The molecule has 2 N–H and O–H groups in total. The van der Waals surface area contributed by atoms with Gasteiger partial charge in [-0.25, -0.2) is 0 Å². The topological polar surface area (TPSA) is 49.3 Å². The fourth-order valence-electron chi connectivity index (χ4n) is 4.80. The van der Waals surface area contributed by atoms with E-state index in [9.17, 15) is 9.90 Å². The SMILES string of the molecule is C=CCC1(C)CC(c2cccc(Cl)c2)C([C@H](CCc2ccc(Cl)cc2)C(C)O)NC1=O. The van der Waals surface area contributed by atoms with E-state index in [1.807, 2.05) is 62.4 Å². The predicted octanol–water partition coefficient (Wildman–Crippen LogP) is 6.18. The molecule has 31 heavy (non-hydrogen) atoms. The average molecular weight is 460 g/mol. The van der Waals surface area contributed by atoms with Crippen molar-refractivity contribution in [3.8, 4) is 0 Å². The van der Waals surface area contributed by atoms with Crippen LogP contribution in [0.3, 0.4) is 0 Å². The molecule has 1 fully saturated rings. The van der Waals surface area contributed by atoms with Gasteiger partial charge in [0.05, 0.1) is 11.5 Å². The van der Waals surface area contributed by atoms with E-state index in [0.717, 1.165) is 24.0 Å². The molecule has 0 spiro atoms. The maximum Gasteiger partial charge on any atom is 0.226 e. The van der Waals surface area contributed by atoms with Crippen LogP contribution in [0.1, 0.15) is 50.2 Å². The molecule has 1 amide bonds. The summed E-state index contributed by atoms with van der Waals surface area (Å²) in [5.41, 5.74) is 1.71. The Morgan fingerprint density at radius 1 is 1.23 bits per heavy atom. The van der Waals surface area contributed by atoms with Gasteiger partial charge in [-0.2, -0.15) is 0 Å². The lowest BCUT2D eigenvalue weighted by atomic mass is 9.66. The lowest BCUT2D eigenvalue weighted by molar-refractivity contribution is -0.136. The van der Waals surface area contributed by atoms with Gasteiger partial charge >= 0.3 is 0 Å². The largest absolute Gasteiger partial charge is 0.393 e. The summed E-state index contributed by atoms with van der Waals surface area (Å²) in [4.78, 5) is 13.1. The molecule has 166 valence electrons. The van der Waals surface area contributed by atoms with E-state index < -0.39 is 11.5 Å². The maximum atomic E-state index is 13.1. The van der Waals surface area contributed by atoms with Crippen molar-refractivity contribution < 1.29 is 9.90 Å². The number of hydrogen-bond donors (Lipinski definition) is 2. The van der Waals surface area contributed by atoms with E-state index in [-0.39, 0.29) is 23.8 Å². The van der Waals surface area contributed by atoms with Gasteiger partial charge in [0, 0.05) is 27.9 Å². The van der Waals surface area contributed by atoms with E-state index in [1.165, 1.54) is 0 Å². The number of allylic oxidation sites excluding steroid dienone is 1. The average Bonchev–Trinajstić information content (AvgIpc) is 2.72. The zero-order chi connectivity index (χ0) is 22.6. The smallest absolute Gasteiger partial charge is 0.226 e. The number of aryl methyl sites for hydroxylation is 1. The van der Waals surface area contributed by atoms with Gasteiger partial charge in [0.2, 0.25) is 5.91 Å². The Labute approximate surface area is 195 Å². The lowest BCUT2D eigenvalue weighted by Gasteiger charge is -2.46. The number of benzene rings is 2. The Kier molecular flexibility index (Phi) is 7.85. The van der Waals surface area contributed by atoms with Crippen LogP contribution in [0.2, 0.25) is 10.0 Å². The highest BCUT2D eigenvalue weighted by atomic mass is 35.5. The third kappa shape index (κ3) is 5.71. The zero-order valence-corrected chi connectivity index (χ0v) is 19.7. The van der Waals surface area contributed by atoms with E-state index in [4.69, 9.17) is 23.2 Å². The number of piperidine rings is 1. The molecule has 2 aromatic rings. The molecular formula is C26H31Cl2NO2. The summed E-state index contributed by atoms with van der Waals surface area (Å²) in [6.45, 7) is 7.65. The molecule has 1 aliphatic heterocycles. The van der Waals surface area contributed by atoms with Crippen molar-refractivity contribution in [1.29, 1.82) is 0 Å². The van der Waals surface area contributed by atoms with Gasteiger partial charge in [0.25, 0.3) is 0 Å². The van der Waals surface area contributed by atoms with Crippen LogP contribution in [0.5, 0.6) is 0 Å². The second-order valence-corrected chi connectivity index (χ2v) is 9.86. The normalized spacial score (nSPS) is 25.5. The van der Waals surface area contributed by atoms with Crippen LogP contribution in [0.25, 0.3) is 0 Å². The molecule has 0 aliphatic carbocycles. The van der Waals surface area contributed by atoms with Crippen molar-refractivity contribution in [2.45, 2.75) is 57.6 Å². The summed E-state index contributed by atoms with van der Waals surface area (Å²) in [5, 5.41) is 15.4. The van der Waals surface area contributed by atoms with Gasteiger partial charge in [0.1, 0.15) is 0 Å². The molecule has 5 atom stereocenters. The molecule has 1 heterocycles. The number of aliphatic hydroxyl groups excluding tert-OH is 1. The van der Waals surface area contributed by atoms with Crippen LogP contribution < -0.4 is 5.32 Å². The highest BCUT2D eigenvalue weighted by Crippen LogP contribution is 2.44. The minimum Gasteiger partial charge on any atom is -0.393 e. The zero-order valence-electron chi connectivity index (χ0n) is 18.2. The molecule has 1 aliphatic rings. The van der Waals surface area contributed by atoms with Crippen molar-refractivity contribution in [3.63, 3.8) is 0 Å². The van der Waals surface area contributed by atoms with Crippen molar-refractivity contribution >= 4 is 29.1 Å². The summed E-state index contributed by atoms with van der Waals surface area (Å²) in [7, 11) is 0. The molecule has 2 aromatic carbocycles. The summed E-state index contributed by atoms with van der Waals surface area (Å²) in [5.74, 6) is -0.0316. The highest BCUT2D eigenvalue weighted by molar-refractivity contribution is 6.30. The molecular weight excluding hydrogens is 429 g/mol. The first-order valence-corrected chi connectivity index (χ1v) is 11.6. The number of aliphatic hydroxyl groups is 1. The Morgan fingerprint density at radius 3 is 2.55 bits per heavy atom. The fourth-order valence-corrected chi connectivity index (χ4v) is 5.12. The Morgan fingerprint density at radius 2 is 1.94 bits per heavy atom. The van der Waals surface area contributed by atoms with Crippen LogP contribution in [0.4, 0.5) is 0 Å². The molecule has 0 saturated carbocycles. The first kappa shape index (κ1) is 23.8. The first-order valence-electron chi connectivity index (χ1n) is 10.8. The number of nitrogens with one attached hydrogen (secondary N) is 1. The predicted molar refractivity (Wildman–Crippen MR) is 129 cm³/mol. The van der Waals surface area contributed by atoms with Crippen molar-refractivity contribution in [2.75, 3.05) is 0 Å². The third-order valence-electron chi connectivity index (χ3n) is 6.58. The molecule has 0 radical (unpaired) electrons. The number of carbonyl (C=O) groups excluding carboxylic acids is 1.